The quantitative estimate of drug-likeness (QED) is 0.924. The van der Waals surface area contributed by atoms with Gasteiger partial charge < -0.3 is 9.84 Å². The molecule has 1 aromatic carbocycles. The highest BCUT2D eigenvalue weighted by Gasteiger charge is 2.23. The molecule has 0 fully saturated rings. The molecule has 0 saturated carbocycles. The van der Waals surface area contributed by atoms with E-state index in [0.29, 0.717) is 28.6 Å². The lowest BCUT2D eigenvalue weighted by Crippen LogP contribution is -2.10. The number of rotatable bonds is 4. The zero-order chi connectivity index (χ0) is 14.0. The number of aliphatic hydroxyl groups is 1. The van der Waals surface area contributed by atoms with Gasteiger partial charge in [0, 0.05) is 21.6 Å². The first-order valence-corrected chi connectivity index (χ1v) is 6.98. The van der Waals surface area contributed by atoms with E-state index in [2.05, 4.69) is 21.0 Å². The molecule has 0 bridgehead atoms. The van der Waals surface area contributed by atoms with Crippen LogP contribution in [0.3, 0.4) is 0 Å². The lowest BCUT2D eigenvalue weighted by Gasteiger charge is -2.16. The monoisotopic (exact) mass is 344 g/mol. The van der Waals surface area contributed by atoms with E-state index >= 15 is 0 Å². The maximum Gasteiger partial charge on any atom is 0.163 e. The van der Waals surface area contributed by atoms with Crippen LogP contribution in [0, 0.1) is 0 Å². The molecule has 0 aliphatic carbocycles. The van der Waals surface area contributed by atoms with Crippen LogP contribution in [0.25, 0.3) is 0 Å². The molecule has 0 aliphatic rings. The van der Waals surface area contributed by atoms with Crippen LogP contribution in [0.5, 0.6) is 5.75 Å². The second-order valence-electron chi connectivity index (χ2n) is 3.98. The zero-order valence-electron chi connectivity index (χ0n) is 10.6. The number of aromatic nitrogens is 2. The summed E-state index contributed by atoms with van der Waals surface area (Å²) < 4.78 is 7.74. The fourth-order valence-electron chi connectivity index (χ4n) is 1.93. The lowest BCUT2D eigenvalue weighted by atomic mass is 10.1. The summed E-state index contributed by atoms with van der Waals surface area (Å²) in [4.78, 5) is 0. The highest BCUT2D eigenvalue weighted by Crippen LogP contribution is 2.34. The van der Waals surface area contributed by atoms with Gasteiger partial charge in [0.25, 0.3) is 0 Å². The molecule has 2 aromatic rings. The van der Waals surface area contributed by atoms with Crippen molar-refractivity contribution in [2.45, 2.75) is 19.6 Å². The van der Waals surface area contributed by atoms with E-state index in [1.165, 1.54) is 0 Å². The van der Waals surface area contributed by atoms with Gasteiger partial charge in [0.1, 0.15) is 11.8 Å². The van der Waals surface area contributed by atoms with Gasteiger partial charge in [-0.15, -0.1) is 0 Å². The third kappa shape index (κ3) is 2.78. The van der Waals surface area contributed by atoms with Gasteiger partial charge in [0.15, 0.2) is 5.75 Å². The molecule has 1 unspecified atom stereocenters. The van der Waals surface area contributed by atoms with Crippen molar-refractivity contribution in [3.63, 3.8) is 0 Å². The topological polar surface area (TPSA) is 47.3 Å². The summed E-state index contributed by atoms with van der Waals surface area (Å²) in [6.07, 6.45) is 0.742. The van der Waals surface area contributed by atoms with Crippen LogP contribution in [0.15, 0.2) is 28.9 Å². The Morgan fingerprint density at radius 3 is 2.89 bits per heavy atom. The smallest absolute Gasteiger partial charge is 0.163 e. The second-order valence-corrected chi connectivity index (χ2v) is 5.27. The summed E-state index contributed by atoms with van der Waals surface area (Å²) in [5.41, 5.74) is 1.30. The van der Waals surface area contributed by atoms with Gasteiger partial charge in [-0.25, -0.2) is 0 Å². The Hall–Kier alpha value is -1.04. The molecule has 0 amide bonds. The van der Waals surface area contributed by atoms with Gasteiger partial charge in [-0.3, -0.25) is 4.68 Å². The molecule has 6 heteroatoms. The second kappa shape index (κ2) is 5.94. The third-order valence-electron chi connectivity index (χ3n) is 2.88. The SMILES string of the molecule is CCn1ncc(OC)c1C(O)c1cc(Cl)ccc1Br. The van der Waals surface area contributed by atoms with Crippen LogP contribution in [-0.4, -0.2) is 22.0 Å². The molecular weight excluding hydrogens is 332 g/mol. The zero-order valence-corrected chi connectivity index (χ0v) is 12.9. The van der Waals surface area contributed by atoms with Gasteiger partial charge in [-0.1, -0.05) is 27.5 Å². The maximum absolute atomic E-state index is 10.6. The van der Waals surface area contributed by atoms with Gasteiger partial charge in [-0.2, -0.15) is 5.10 Å². The Bertz CT molecular complexity index is 565. The fourth-order valence-corrected chi connectivity index (χ4v) is 2.58. The number of halogens is 2. The average Bonchev–Trinajstić information content (AvgIpc) is 2.83. The van der Waals surface area contributed by atoms with E-state index < -0.39 is 6.10 Å². The minimum absolute atomic E-state index is 0.557. The van der Waals surface area contributed by atoms with Crippen molar-refractivity contribution < 1.29 is 9.84 Å². The van der Waals surface area contributed by atoms with Crippen LogP contribution in [0.4, 0.5) is 0 Å². The van der Waals surface area contributed by atoms with Crippen molar-refractivity contribution >= 4 is 27.5 Å². The number of aliphatic hydroxyl groups excluding tert-OH is 1. The predicted octanol–water partition coefficient (Wildman–Crippen LogP) is 3.41. The highest BCUT2D eigenvalue weighted by molar-refractivity contribution is 9.10. The normalized spacial score (nSPS) is 12.5. The average molecular weight is 346 g/mol. The molecule has 0 spiro atoms. The summed E-state index contributed by atoms with van der Waals surface area (Å²) in [6.45, 7) is 2.60. The predicted molar refractivity (Wildman–Crippen MR) is 77.7 cm³/mol. The lowest BCUT2D eigenvalue weighted by molar-refractivity contribution is 0.202. The molecule has 1 aromatic heterocycles. The summed E-state index contributed by atoms with van der Waals surface area (Å²) in [5.74, 6) is 0.557. The minimum atomic E-state index is -0.856. The maximum atomic E-state index is 10.6. The first kappa shape index (κ1) is 14.4. The Morgan fingerprint density at radius 2 is 2.26 bits per heavy atom. The van der Waals surface area contributed by atoms with Crippen molar-refractivity contribution in [1.82, 2.24) is 9.78 Å². The standard InChI is InChI=1S/C13H14BrClN2O2/c1-3-17-12(11(19-2)7-16-17)13(18)9-6-8(15)4-5-10(9)14/h4-7,13,18H,3H2,1-2H3. The van der Waals surface area contributed by atoms with Crippen molar-refractivity contribution in [1.29, 1.82) is 0 Å². The van der Waals surface area contributed by atoms with Crippen molar-refractivity contribution in [3.05, 3.63) is 45.1 Å². The summed E-state index contributed by atoms with van der Waals surface area (Å²) in [5, 5.41) is 15.3. The molecule has 102 valence electrons. The molecule has 1 N–H and O–H groups in total. The van der Waals surface area contributed by atoms with Crippen LogP contribution >= 0.6 is 27.5 Å². The highest BCUT2D eigenvalue weighted by atomic mass is 79.9. The fraction of sp³-hybridized carbons (Fsp3) is 0.308. The number of benzene rings is 1. The molecule has 0 aliphatic heterocycles. The van der Waals surface area contributed by atoms with Crippen LogP contribution in [0.2, 0.25) is 5.02 Å². The van der Waals surface area contributed by atoms with Crippen molar-refractivity contribution in [2.75, 3.05) is 7.11 Å². The van der Waals surface area contributed by atoms with Crippen LogP contribution in [0.1, 0.15) is 24.3 Å². The number of nitrogens with zero attached hydrogens (tertiary/aromatic N) is 2. The third-order valence-corrected chi connectivity index (χ3v) is 3.83. The van der Waals surface area contributed by atoms with Crippen LogP contribution in [-0.2, 0) is 6.54 Å². The molecule has 4 nitrogen and oxygen atoms in total. The summed E-state index contributed by atoms with van der Waals surface area (Å²) in [6, 6.07) is 5.29. The number of ether oxygens (including phenoxy) is 1. The van der Waals surface area contributed by atoms with Crippen molar-refractivity contribution in [2.24, 2.45) is 0 Å². The molecule has 1 atom stereocenters. The number of hydrogen-bond donors (Lipinski definition) is 1. The molecular formula is C13H14BrClN2O2. The molecule has 0 radical (unpaired) electrons. The summed E-state index contributed by atoms with van der Waals surface area (Å²) in [7, 11) is 1.56. The number of aryl methyl sites for hydroxylation is 1. The van der Waals surface area contributed by atoms with E-state index in [0.717, 1.165) is 4.47 Å². The van der Waals surface area contributed by atoms with E-state index in [4.69, 9.17) is 16.3 Å². The minimum Gasteiger partial charge on any atom is -0.493 e. The Morgan fingerprint density at radius 1 is 1.53 bits per heavy atom. The van der Waals surface area contributed by atoms with Crippen molar-refractivity contribution in [3.8, 4) is 5.75 Å². The molecule has 2 rings (SSSR count). The van der Waals surface area contributed by atoms with E-state index in [9.17, 15) is 5.11 Å². The van der Waals surface area contributed by atoms with Gasteiger partial charge in [-0.05, 0) is 25.1 Å². The van der Waals surface area contributed by atoms with Gasteiger partial charge >= 0.3 is 0 Å². The Balaban J connectivity index is 2.51. The molecule has 19 heavy (non-hydrogen) atoms. The molecule has 1 heterocycles. The number of methoxy groups -OCH3 is 1. The first-order chi connectivity index (χ1) is 9.08. The Kier molecular flexibility index (Phi) is 4.50. The summed E-state index contributed by atoms with van der Waals surface area (Å²) >= 11 is 9.40. The first-order valence-electron chi connectivity index (χ1n) is 5.81. The van der Waals surface area contributed by atoms with Gasteiger partial charge in [0.2, 0.25) is 0 Å². The molecule has 0 saturated heterocycles. The number of hydrogen-bond acceptors (Lipinski definition) is 3. The van der Waals surface area contributed by atoms with E-state index in [1.54, 1.807) is 36.2 Å². The van der Waals surface area contributed by atoms with Gasteiger partial charge in [0.05, 0.1) is 13.3 Å². The largest absolute Gasteiger partial charge is 0.493 e. The van der Waals surface area contributed by atoms with E-state index in [1.807, 2.05) is 6.92 Å². The Labute approximate surface area is 125 Å². The van der Waals surface area contributed by atoms with Crippen LogP contribution < -0.4 is 4.74 Å². The van der Waals surface area contributed by atoms with E-state index in [-0.39, 0.29) is 0 Å².